The summed E-state index contributed by atoms with van der Waals surface area (Å²) in [5.41, 5.74) is 1.22. The number of aromatic carboxylic acids is 1. The van der Waals surface area contributed by atoms with Gasteiger partial charge in [-0.15, -0.1) is 6.58 Å². The summed E-state index contributed by atoms with van der Waals surface area (Å²) in [6.45, 7) is 4.37. The van der Waals surface area contributed by atoms with Crippen LogP contribution < -0.4 is 4.90 Å². The second-order valence-corrected chi connectivity index (χ2v) is 3.99. The van der Waals surface area contributed by atoms with E-state index < -0.39 is 5.97 Å². The Balaban J connectivity index is 3.00. The monoisotopic (exact) mass is 269 g/mol. The van der Waals surface area contributed by atoms with Crippen molar-refractivity contribution in [1.29, 1.82) is 0 Å². The molecule has 0 fully saturated rings. The molecule has 1 aromatic carbocycles. The lowest BCUT2D eigenvalue weighted by atomic mass is 10.2. The SMILES string of the molecule is C=CCN(C)c1ccc(C(=O)O)c(Br)c1. The van der Waals surface area contributed by atoms with E-state index in [1.54, 1.807) is 24.3 Å². The molecule has 0 aliphatic rings. The van der Waals surface area contributed by atoms with Gasteiger partial charge in [-0.25, -0.2) is 4.79 Å². The first-order valence-corrected chi connectivity index (χ1v) is 5.20. The van der Waals surface area contributed by atoms with E-state index in [9.17, 15) is 4.79 Å². The maximum atomic E-state index is 10.8. The standard InChI is InChI=1S/C11H12BrNO2/c1-3-6-13(2)8-4-5-9(11(14)15)10(12)7-8/h3-5,7H,1,6H2,2H3,(H,14,15). The molecule has 0 atom stereocenters. The summed E-state index contributed by atoms with van der Waals surface area (Å²) in [6, 6.07) is 5.14. The molecule has 1 N–H and O–H groups in total. The molecular formula is C11H12BrNO2. The topological polar surface area (TPSA) is 40.5 Å². The Hall–Kier alpha value is -1.29. The minimum Gasteiger partial charge on any atom is -0.478 e. The fourth-order valence-electron chi connectivity index (χ4n) is 1.21. The van der Waals surface area contributed by atoms with Gasteiger partial charge in [0.25, 0.3) is 0 Å². The molecule has 0 spiro atoms. The zero-order valence-electron chi connectivity index (χ0n) is 8.40. The smallest absolute Gasteiger partial charge is 0.336 e. The van der Waals surface area contributed by atoms with Gasteiger partial charge in [0.05, 0.1) is 5.56 Å². The molecule has 1 rings (SSSR count). The number of nitrogens with zero attached hydrogens (tertiary/aromatic N) is 1. The Labute approximate surface area is 97.1 Å². The zero-order chi connectivity index (χ0) is 11.4. The van der Waals surface area contributed by atoms with Crippen LogP contribution in [0.2, 0.25) is 0 Å². The summed E-state index contributed by atoms with van der Waals surface area (Å²) in [5, 5.41) is 8.84. The number of hydrogen-bond acceptors (Lipinski definition) is 2. The third-order valence-electron chi connectivity index (χ3n) is 2.03. The van der Waals surface area contributed by atoms with Crippen molar-refractivity contribution in [2.24, 2.45) is 0 Å². The summed E-state index contributed by atoms with van der Waals surface area (Å²) in [5.74, 6) is -0.931. The van der Waals surface area contributed by atoms with Crippen molar-refractivity contribution in [3.63, 3.8) is 0 Å². The lowest BCUT2D eigenvalue weighted by Gasteiger charge is -2.17. The quantitative estimate of drug-likeness (QED) is 0.855. The average Bonchev–Trinajstić information content (AvgIpc) is 2.17. The first-order chi connectivity index (χ1) is 7.06. The Kier molecular flexibility index (Phi) is 3.91. The number of carboxylic acid groups (broad SMARTS) is 1. The summed E-state index contributed by atoms with van der Waals surface area (Å²) in [7, 11) is 1.92. The maximum absolute atomic E-state index is 10.8. The molecular weight excluding hydrogens is 258 g/mol. The van der Waals surface area contributed by atoms with E-state index in [0.717, 1.165) is 12.2 Å². The predicted octanol–water partition coefficient (Wildman–Crippen LogP) is 2.77. The zero-order valence-corrected chi connectivity index (χ0v) is 9.99. The Morgan fingerprint density at radius 3 is 2.80 bits per heavy atom. The molecule has 15 heavy (non-hydrogen) atoms. The van der Waals surface area contributed by atoms with Crippen LogP contribution in [0.1, 0.15) is 10.4 Å². The predicted molar refractivity (Wildman–Crippen MR) is 64.6 cm³/mol. The van der Waals surface area contributed by atoms with Gasteiger partial charge in [0.2, 0.25) is 0 Å². The number of carbonyl (C=O) groups is 1. The molecule has 0 bridgehead atoms. The van der Waals surface area contributed by atoms with Gasteiger partial charge in [-0.2, -0.15) is 0 Å². The van der Waals surface area contributed by atoms with Gasteiger partial charge in [0.1, 0.15) is 0 Å². The van der Waals surface area contributed by atoms with Crippen molar-refractivity contribution in [1.82, 2.24) is 0 Å². The third kappa shape index (κ3) is 2.83. The Morgan fingerprint density at radius 2 is 2.33 bits per heavy atom. The highest BCUT2D eigenvalue weighted by Crippen LogP contribution is 2.23. The van der Waals surface area contributed by atoms with Crippen LogP contribution in [0, 0.1) is 0 Å². The van der Waals surface area contributed by atoms with Crippen LogP contribution in [0.3, 0.4) is 0 Å². The number of hydrogen-bond donors (Lipinski definition) is 1. The maximum Gasteiger partial charge on any atom is 0.336 e. The number of likely N-dealkylation sites (N-methyl/N-ethyl adjacent to an activating group) is 1. The number of benzene rings is 1. The molecule has 0 aromatic heterocycles. The van der Waals surface area contributed by atoms with Gasteiger partial charge in [0, 0.05) is 23.8 Å². The number of halogens is 1. The summed E-state index contributed by atoms with van der Waals surface area (Å²) >= 11 is 3.23. The van der Waals surface area contributed by atoms with Crippen molar-refractivity contribution in [3.05, 3.63) is 40.9 Å². The van der Waals surface area contributed by atoms with Crippen molar-refractivity contribution >= 4 is 27.6 Å². The van der Waals surface area contributed by atoms with Crippen LogP contribution >= 0.6 is 15.9 Å². The molecule has 0 saturated heterocycles. The molecule has 0 heterocycles. The minimum atomic E-state index is -0.931. The molecule has 0 unspecified atom stereocenters. The first-order valence-electron chi connectivity index (χ1n) is 4.41. The number of rotatable bonds is 4. The second kappa shape index (κ2) is 4.98. The molecule has 80 valence electrons. The van der Waals surface area contributed by atoms with E-state index >= 15 is 0 Å². The van der Waals surface area contributed by atoms with Crippen LogP contribution in [0.15, 0.2) is 35.3 Å². The summed E-state index contributed by atoms with van der Waals surface area (Å²) in [4.78, 5) is 12.7. The highest BCUT2D eigenvalue weighted by Gasteiger charge is 2.09. The molecule has 3 nitrogen and oxygen atoms in total. The molecule has 0 aliphatic carbocycles. The first kappa shape index (κ1) is 11.8. The van der Waals surface area contributed by atoms with E-state index in [-0.39, 0.29) is 5.56 Å². The number of carboxylic acids is 1. The van der Waals surface area contributed by atoms with Gasteiger partial charge in [-0.3, -0.25) is 0 Å². The third-order valence-corrected chi connectivity index (χ3v) is 2.68. The Bertz CT molecular complexity index is 390. The largest absolute Gasteiger partial charge is 0.478 e. The highest BCUT2D eigenvalue weighted by molar-refractivity contribution is 9.10. The van der Waals surface area contributed by atoms with Crippen LogP contribution in [0.4, 0.5) is 5.69 Å². The number of anilines is 1. The van der Waals surface area contributed by atoms with Gasteiger partial charge < -0.3 is 10.0 Å². The lowest BCUT2D eigenvalue weighted by molar-refractivity contribution is 0.0696. The van der Waals surface area contributed by atoms with Gasteiger partial charge >= 0.3 is 5.97 Å². The Morgan fingerprint density at radius 1 is 1.67 bits per heavy atom. The van der Waals surface area contributed by atoms with E-state index in [2.05, 4.69) is 22.5 Å². The van der Waals surface area contributed by atoms with Gasteiger partial charge in [-0.1, -0.05) is 6.08 Å². The van der Waals surface area contributed by atoms with Crippen molar-refractivity contribution in [3.8, 4) is 0 Å². The van der Waals surface area contributed by atoms with Crippen molar-refractivity contribution in [2.75, 3.05) is 18.5 Å². The van der Waals surface area contributed by atoms with Crippen LogP contribution in [-0.2, 0) is 0 Å². The van der Waals surface area contributed by atoms with Crippen LogP contribution in [0.25, 0.3) is 0 Å². The van der Waals surface area contributed by atoms with E-state index in [1.807, 2.05) is 11.9 Å². The van der Waals surface area contributed by atoms with Crippen molar-refractivity contribution < 1.29 is 9.90 Å². The van der Waals surface area contributed by atoms with E-state index in [4.69, 9.17) is 5.11 Å². The molecule has 0 aliphatic heterocycles. The average molecular weight is 270 g/mol. The highest BCUT2D eigenvalue weighted by atomic mass is 79.9. The molecule has 1 aromatic rings. The molecule has 0 saturated carbocycles. The van der Waals surface area contributed by atoms with Crippen LogP contribution in [0.5, 0.6) is 0 Å². The minimum absolute atomic E-state index is 0.269. The molecule has 0 radical (unpaired) electrons. The summed E-state index contributed by atoms with van der Waals surface area (Å²) < 4.78 is 0.586. The fraction of sp³-hybridized carbons (Fsp3) is 0.182. The van der Waals surface area contributed by atoms with Crippen LogP contribution in [-0.4, -0.2) is 24.7 Å². The van der Waals surface area contributed by atoms with Gasteiger partial charge in [-0.05, 0) is 34.1 Å². The van der Waals surface area contributed by atoms with E-state index in [0.29, 0.717) is 4.47 Å². The molecule has 0 amide bonds. The second-order valence-electron chi connectivity index (χ2n) is 3.14. The van der Waals surface area contributed by atoms with E-state index in [1.165, 1.54) is 0 Å². The van der Waals surface area contributed by atoms with Crippen molar-refractivity contribution in [2.45, 2.75) is 0 Å². The normalized spacial score (nSPS) is 9.73. The molecule has 4 heteroatoms. The lowest BCUT2D eigenvalue weighted by Crippen LogP contribution is -2.16. The summed E-state index contributed by atoms with van der Waals surface area (Å²) in [6.07, 6.45) is 1.79. The fourth-order valence-corrected chi connectivity index (χ4v) is 1.75. The van der Waals surface area contributed by atoms with Gasteiger partial charge in [0.15, 0.2) is 0 Å².